The number of hydrogen-bond donors (Lipinski definition) is 1. The summed E-state index contributed by atoms with van der Waals surface area (Å²) in [6.07, 6.45) is 0. The van der Waals surface area contributed by atoms with E-state index in [0.29, 0.717) is 0 Å². The van der Waals surface area contributed by atoms with E-state index in [2.05, 4.69) is 45.0 Å². The van der Waals surface area contributed by atoms with Crippen LogP contribution < -0.4 is 9.03 Å². The summed E-state index contributed by atoms with van der Waals surface area (Å²) in [6.45, 7) is 6.74. The molecule has 82 valence electrons. The molecule has 2 N–H and O–H groups in total. The van der Waals surface area contributed by atoms with E-state index in [0.717, 1.165) is 9.77 Å². The van der Waals surface area contributed by atoms with E-state index in [4.69, 9.17) is 5.14 Å². The Morgan fingerprint density at radius 2 is 2.00 bits per heavy atom. The third-order valence-corrected chi connectivity index (χ3v) is 5.49. The van der Waals surface area contributed by atoms with Crippen LogP contribution in [0.15, 0.2) is 29.2 Å². The second-order valence-corrected chi connectivity index (χ2v) is 6.58. The summed E-state index contributed by atoms with van der Waals surface area (Å²) in [6, 6.07) is 8.57. The monoisotopic (exact) mass is 241 g/mol. The lowest BCUT2D eigenvalue weighted by Crippen LogP contribution is -2.55. The zero-order chi connectivity index (χ0) is 11.1. The van der Waals surface area contributed by atoms with Crippen molar-refractivity contribution < 1.29 is 0 Å². The Balaban J connectivity index is 2.56. The van der Waals surface area contributed by atoms with Gasteiger partial charge in [0.05, 0.1) is 4.90 Å². The zero-order valence-corrected chi connectivity index (χ0v) is 11.0. The Morgan fingerprint density at radius 1 is 1.33 bits per heavy atom. The fourth-order valence-corrected chi connectivity index (χ4v) is 4.35. The van der Waals surface area contributed by atoms with E-state index in [1.54, 1.807) is 0 Å². The number of para-hydroxylation sites is 1. The fraction of sp³-hybridized carbons (Fsp3) is 0.455. The molecule has 1 atom stereocenters. The lowest BCUT2D eigenvalue weighted by atomic mass is 10.1. The third kappa shape index (κ3) is 1.60. The maximum atomic E-state index is 5.95. The lowest BCUT2D eigenvalue weighted by molar-refractivity contribution is 0.309. The summed E-state index contributed by atoms with van der Waals surface area (Å²) >= 11 is 3.34. The number of rotatable bonds is 1. The van der Waals surface area contributed by atoms with E-state index in [1.807, 2.05) is 11.8 Å². The van der Waals surface area contributed by atoms with Crippen molar-refractivity contribution >= 4 is 29.6 Å². The molecule has 0 aromatic heterocycles. The van der Waals surface area contributed by atoms with Crippen LogP contribution in [0, 0.1) is 0 Å². The molecule has 0 bridgehead atoms. The van der Waals surface area contributed by atoms with Gasteiger partial charge < -0.3 is 0 Å². The van der Waals surface area contributed by atoms with Crippen LogP contribution in [-0.4, -0.2) is 11.4 Å². The van der Waals surface area contributed by atoms with Crippen molar-refractivity contribution in [3.63, 3.8) is 0 Å². The predicted octanol–water partition coefficient (Wildman–Crippen LogP) is 3.38. The van der Waals surface area contributed by atoms with E-state index >= 15 is 0 Å². The summed E-state index contributed by atoms with van der Waals surface area (Å²) < 4.78 is 0.799. The first kappa shape index (κ1) is 11.3. The minimum absolute atomic E-state index is 0.124. The SMILES string of the molecule is CC(C)(C)[N+]1(SN)CSc2ccccc21. The van der Waals surface area contributed by atoms with E-state index < -0.39 is 0 Å². The highest BCUT2D eigenvalue weighted by Gasteiger charge is 2.49. The van der Waals surface area contributed by atoms with Gasteiger partial charge in [-0.05, 0) is 26.8 Å². The summed E-state index contributed by atoms with van der Waals surface area (Å²) in [4.78, 5) is 1.37. The molecule has 0 spiro atoms. The normalized spacial score (nSPS) is 25.3. The van der Waals surface area contributed by atoms with Gasteiger partial charge in [0.2, 0.25) is 0 Å². The van der Waals surface area contributed by atoms with E-state index in [1.165, 1.54) is 22.7 Å². The minimum Gasteiger partial charge on any atom is -0.227 e. The summed E-state index contributed by atoms with van der Waals surface area (Å²) in [5.41, 5.74) is 1.47. The smallest absolute Gasteiger partial charge is 0.170 e. The molecule has 1 aliphatic rings. The fourth-order valence-electron chi connectivity index (χ4n) is 1.91. The first-order valence-electron chi connectivity index (χ1n) is 5.00. The van der Waals surface area contributed by atoms with Crippen molar-refractivity contribution in [2.45, 2.75) is 31.2 Å². The number of thioether (sulfide) groups is 1. The van der Waals surface area contributed by atoms with Crippen LogP contribution >= 0.6 is 23.9 Å². The van der Waals surface area contributed by atoms with E-state index in [9.17, 15) is 0 Å². The van der Waals surface area contributed by atoms with Crippen molar-refractivity contribution in [2.24, 2.45) is 5.14 Å². The molecule has 1 aromatic carbocycles. The van der Waals surface area contributed by atoms with Crippen LogP contribution in [0.25, 0.3) is 0 Å². The highest BCUT2D eigenvalue weighted by atomic mass is 32.2. The molecule has 15 heavy (non-hydrogen) atoms. The van der Waals surface area contributed by atoms with Gasteiger partial charge in [-0.2, -0.15) is 0 Å². The standard InChI is InChI=1S/C11H17N2S2/c1-11(2,3)13(15-12)8-14-10-7-5-4-6-9(10)13/h4-7H,8,12H2,1-3H3/q+1. The molecule has 0 radical (unpaired) electrons. The van der Waals surface area contributed by atoms with Crippen LogP contribution in [0.3, 0.4) is 0 Å². The van der Waals surface area contributed by atoms with Crippen molar-refractivity contribution in [1.82, 2.24) is 3.89 Å². The van der Waals surface area contributed by atoms with Gasteiger partial charge in [-0.25, -0.2) is 9.03 Å². The quantitative estimate of drug-likeness (QED) is 0.603. The molecule has 1 aromatic rings. The van der Waals surface area contributed by atoms with Crippen molar-refractivity contribution in [1.29, 1.82) is 0 Å². The zero-order valence-electron chi connectivity index (χ0n) is 9.36. The molecule has 0 fully saturated rings. The van der Waals surface area contributed by atoms with Gasteiger partial charge in [-0.1, -0.05) is 23.9 Å². The molecule has 2 rings (SSSR count). The highest BCUT2D eigenvalue weighted by molar-refractivity contribution is 8.02. The third-order valence-electron chi connectivity index (χ3n) is 2.92. The summed E-state index contributed by atoms with van der Waals surface area (Å²) in [5, 5.41) is 5.95. The van der Waals surface area contributed by atoms with Gasteiger partial charge in [0.1, 0.15) is 11.4 Å². The van der Waals surface area contributed by atoms with Crippen molar-refractivity contribution in [3.05, 3.63) is 24.3 Å². The largest absolute Gasteiger partial charge is 0.227 e. The Morgan fingerprint density at radius 3 is 2.60 bits per heavy atom. The maximum Gasteiger partial charge on any atom is 0.170 e. The first-order chi connectivity index (χ1) is 7.01. The number of hydrogen-bond acceptors (Lipinski definition) is 3. The lowest BCUT2D eigenvalue weighted by Gasteiger charge is -2.40. The topological polar surface area (TPSA) is 26.0 Å². The average Bonchev–Trinajstić information content (AvgIpc) is 2.56. The summed E-state index contributed by atoms with van der Waals surface area (Å²) in [5.74, 6) is 1.02. The number of benzene rings is 1. The van der Waals surface area contributed by atoms with Crippen molar-refractivity contribution in [2.75, 3.05) is 5.88 Å². The molecule has 0 saturated carbocycles. The van der Waals surface area contributed by atoms with Crippen LogP contribution in [0.1, 0.15) is 20.8 Å². The summed E-state index contributed by atoms with van der Waals surface area (Å²) in [7, 11) is 0. The molecular formula is C11H17N2S2+. The van der Waals surface area contributed by atoms with Gasteiger partial charge in [0.15, 0.2) is 17.8 Å². The number of nitrogens with two attached hydrogens (primary N) is 1. The van der Waals surface area contributed by atoms with Gasteiger partial charge in [-0.3, -0.25) is 0 Å². The van der Waals surface area contributed by atoms with Gasteiger partial charge in [0, 0.05) is 6.07 Å². The second kappa shape index (κ2) is 3.70. The van der Waals surface area contributed by atoms with Crippen LogP contribution in [0.2, 0.25) is 0 Å². The Bertz CT molecular complexity index is 373. The molecule has 0 saturated heterocycles. The van der Waals surface area contributed by atoms with Gasteiger partial charge >= 0.3 is 0 Å². The molecule has 0 amide bonds. The molecule has 4 heteroatoms. The minimum atomic E-state index is 0.124. The molecular weight excluding hydrogens is 224 g/mol. The number of quaternary nitrogens is 1. The predicted molar refractivity (Wildman–Crippen MR) is 70.5 cm³/mol. The average molecular weight is 241 g/mol. The maximum absolute atomic E-state index is 5.95. The molecule has 2 nitrogen and oxygen atoms in total. The molecule has 1 unspecified atom stereocenters. The Hall–Kier alpha value is -0.160. The van der Waals surface area contributed by atoms with Crippen molar-refractivity contribution in [3.8, 4) is 0 Å². The molecule has 0 aliphatic carbocycles. The van der Waals surface area contributed by atoms with Crippen LogP contribution in [0.5, 0.6) is 0 Å². The molecule has 1 heterocycles. The second-order valence-electron chi connectivity index (χ2n) is 4.76. The number of fused-ring (bicyclic) bond motifs is 1. The van der Waals surface area contributed by atoms with Gasteiger partial charge in [-0.15, -0.1) is 0 Å². The Kier molecular flexibility index (Phi) is 2.79. The molecule has 1 aliphatic heterocycles. The van der Waals surface area contributed by atoms with E-state index in [-0.39, 0.29) is 5.54 Å². The van der Waals surface area contributed by atoms with Crippen LogP contribution in [-0.2, 0) is 0 Å². The highest BCUT2D eigenvalue weighted by Crippen LogP contribution is 2.51. The van der Waals surface area contributed by atoms with Gasteiger partial charge in [0.25, 0.3) is 0 Å². The first-order valence-corrected chi connectivity index (χ1v) is 6.82. The Labute approximate surface area is 100 Å². The number of nitrogens with zero attached hydrogens (tertiary/aromatic N) is 1. The van der Waals surface area contributed by atoms with Crippen LogP contribution in [0.4, 0.5) is 5.69 Å².